The van der Waals surface area contributed by atoms with E-state index in [1.807, 2.05) is 23.5 Å². The summed E-state index contributed by atoms with van der Waals surface area (Å²) in [4.78, 5) is 1.44. The van der Waals surface area contributed by atoms with Crippen LogP contribution >= 0.6 is 11.3 Å². The summed E-state index contributed by atoms with van der Waals surface area (Å²) < 4.78 is 13.3. The molecule has 0 amide bonds. The van der Waals surface area contributed by atoms with Crippen LogP contribution in [0.25, 0.3) is 0 Å². The zero-order valence-corrected chi connectivity index (χ0v) is 12.3. The lowest BCUT2D eigenvalue weighted by atomic mass is 9.50. The molecule has 2 fully saturated rings. The molecule has 4 rings (SSSR count). The third-order valence-corrected chi connectivity index (χ3v) is 6.26. The highest BCUT2D eigenvalue weighted by Gasteiger charge is 2.59. The van der Waals surface area contributed by atoms with Crippen molar-refractivity contribution in [3.63, 3.8) is 0 Å². The van der Waals surface area contributed by atoms with Crippen molar-refractivity contribution >= 4 is 11.3 Å². The molecule has 3 heteroatoms. The number of fused-ring (bicyclic) bond motifs is 2. The van der Waals surface area contributed by atoms with Gasteiger partial charge >= 0.3 is 0 Å². The van der Waals surface area contributed by atoms with Crippen molar-refractivity contribution < 1.29 is 4.39 Å². The van der Waals surface area contributed by atoms with E-state index in [0.717, 1.165) is 6.54 Å². The SMILES string of the molecule is Cc1csc(C2(c3ccc(F)cc3)C3CCNC2C3)c1. The van der Waals surface area contributed by atoms with Crippen molar-refractivity contribution in [2.24, 2.45) is 5.92 Å². The molecular formula is C17H18FNS. The van der Waals surface area contributed by atoms with E-state index in [-0.39, 0.29) is 11.2 Å². The number of halogens is 1. The van der Waals surface area contributed by atoms with Crippen LogP contribution in [-0.4, -0.2) is 12.6 Å². The van der Waals surface area contributed by atoms with Gasteiger partial charge in [-0.1, -0.05) is 12.1 Å². The summed E-state index contributed by atoms with van der Waals surface area (Å²) in [6, 6.07) is 9.99. The van der Waals surface area contributed by atoms with Crippen LogP contribution in [-0.2, 0) is 5.41 Å². The first kappa shape index (κ1) is 12.5. The molecule has 1 nitrogen and oxygen atoms in total. The van der Waals surface area contributed by atoms with Gasteiger partial charge in [0.25, 0.3) is 0 Å². The fourth-order valence-electron chi connectivity index (χ4n) is 4.13. The molecule has 2 aliphatic rings. The van der Waals surface area contributed by atoms with E-state index >= 15 is 0 Å². The first-order valence-electron chi connectivity index (χ1n) is 7.26. The fourth-order valence-corrected chi connectivity index (χ4v) is 5.38. The van der Waals surface area contributed by atoms with Gasteiger partial charge in [0.2, 0.25) is 0 Å². The Kier molecular flexibility index (Phi) is 2.76. The highest BCUT2D eigenvalue weighted by molar-refractivity contribution is 7.10. The summed E-state index contributed by atoms with van der Waals surface area (Å²) in [6.07, 6.45) is 2.46. The molecule has 1 N–H and O–H groups in total. The Morgan fingerprint density at radius 1 is 1.30 bits per heavy atom. The minimum Gasteiger partial charge on any atom is -0.313 e. The van der Waals surface area contributed by atoms with Gasteiger partial charge < -0.3 is 5.32 Å². The number of aryl methyl sites for hydroxylation is 1. The lowest BCUT2D eigenvalue weighted by Gasteiger charge is -2.60. The predicted molar refractivity (Wildman–Crippen MR) is 80.8 cm³/mol. The van der Waals surface area contributed by atoms with Gasteiger partial charge in [0.1, 0.15) is 5.82 Å². The van der Waals surface area contributed by atoms with E-state index < -0.39 is 0 Å². The monoisotopic (exact) mass is 287 g/mol. The molecule has 3 unspecified atom stereocenters. The van der Waals surface area contributed by atoms with Crippen LogP contribution in [0.15, 0.2) is 35.7 Å². The molecule has 1 aromatic heterocycles. The number of nitrogens with one attached hydrogen (secondary N) is 1. The standard InChI is InChI=1S/C17H18FNS/c1-11-8-16(20-10-11)17(12-2-4-14(18)5-3-12)13-6-7-19-15(17)9-13/h2-5,8,10,13,15,19H,6-7,9H2,1H3. The van der Waals surface area contributed by atoms with E-state index in [1.165, 1.54) is 28.8 Å². The third-order valence-electron chi connectivity index (χ3n) is 5.06. The molecule has 1 aromatic carbocycles. The average molecular weight is 287 g/mol. The van der Waals surface area contributed by atoms with Crippen LogP contribution in [0.5, 0.6) is 0 Å². The van der Waals surface area contributed by atoms with E-state index in [4.69, 9.17) is 0 Å². The quantitative estimate of drug-likeness (QED) is 0.884. The summed E-state index contributed by atoms with van der Waals surface area (Å²) >= 11 is 1.85. The summed E-state index contributed by atoms with van der Waals surface area (Å²) in [6.45, 7) is 3.27. The Balaban J connectivity index is 1.88. The fraction of sp³-hybridized carbons (Fsp3) is 0.412. The van der Waals surface area contributed by atoms with Crippen LogP contribution in [0.3, 0.4) is 0 Å². The van der Waals surface area contributed by atoms with Crippen LogP contribution in [0, 0.1) is 18.7 Å². The average Bonchev–Trinajstić information content (AvgIpc) is 2.89. The Bertz CT molecular complexity index is 617. The van der Waals surface area contributed by atoms with Gasteiger partial charge in [0.15, 0.2) is 0 Å². The van der Waals surface area contributed by atoms with Crippen molar-refractivity contribution in [1.29, 1.82) is 0 Å². The van der Waals surface area contributed by atoms with Crippen molar-refractivity contribution in [3.8, 4) is 0 Å². The number of piperidine rings is 2. The van der Waals surface area contributed by atoms with Gasteiger partial charge in [-0.3, -0.25) is 0 Å². The van der Waals surface area contributed by atoms with Gasteiger partial charge in [0, 0.05) is 16.3 Å². The number of hydrogen-bond donors (Lipinski definition) is 1. The van der Waals surface area contributed by atoms with Gasteiger partial charge in [-0.05, 0) is 66.9 Å². The highest BCUT2D eigenvalue weighted by atomic mass is 32.1. The molecule has 1 aliphatic heterocycles. The van der Waals surface area contributed by atoms with Crippen LogP contribution in [0.2, 0.25) is 0 Å². The summed E-state index contributed by atoms with van der Waals surface area (Å²) in [5.74, 6) is 0.543. The lowest BCUT2D eigenvalue weighted by molar-refractivity contribution is 0.0496. The molecule has 2 heterocycles. The Morgan fingerprint density at radius 3 is 2.65 bits per heavy atom. The molecule has 2 bridgehead atoms. The smallest absolute Gasteiger partial charge is 0.123 e. The second kappa shape index (κ2) is 4.40. The molecule has 2 aromatic rings. The maximum absolute atomic E-state index is 13.3. The van der Waals surface area contributed by atoms with Gasteiger partial charge in [0.05, 0.1) is 0 Å². The second-order valence-electron chi connectivity index (χ2n) is 6.09. The topological polar surface area (TPSA) is 12.0 Å². The number of benzene rings is 1. The normalized spacial score (nSPS) is 31.9. The first-order chi connectivity index (χ1) is 9.71. The zero-order valence-electron chi connectivity index (χ0n) is 11.5. The predicted octanol–water partition coefficient (Wildman–Crippen LogP) is 3.86. The molecular weight excluding hydrogens is 269 g/mol. The van der Waals surface area contributed by atoms with Crippen LogP contribution in [0.4, 0.5) is 4.39 Å². The largest absolute Gasteiger partial charge is 0.313 e. The zero-order chi connectivity index (χ0) is 13.7. The molecule has 104 valence electrons. The van der Waals surface area contributed by atoms with Crippen LogP contribution in [0.1, 0.15) is 28.8 Å². The molecule has 0 radical (unpaired) electrons. The van der Waals surface area contributed by atoms with Gasteiger partial charge in [-0.25, -0.2) is 4.39 Å². The summed E-state index contributed by atoms with van der Waals surface area (Å²) in [7, 11) is 0. The van der Waals surface area contributed by atoms with E-state index in [1.54, 1.807) is 12.1 Å². The van der Waals surface area contributed by atoms with E-state index in [0.29, 0.717) is 12.0 Å². The number of thiophene rings is 1. The minimum absolute atomic E-state index is 0.0743. The van der Waals surface area contributed by atoms with Crippen molar-refractivity contribution in [2.45, 2.75) is 31.2 Å². The molecule has 1 saturated heterocycles. The molecule has 1 saturated carbocycles. The van der Waals surface area contributed by atoms with Crippen LogP contribution < -0.4 is 5.32 Å². The molecule has 3 atom stereocenters. The number of rotatable bonds is 2. The maximum atomic E-state index is 13.3. The van der Waals surface area contributed by atoms with Crippen molar-refractivity contribution in [3.05, 3.63) is 57.5 Å². The Hall–Kier alpha value is -1.19. The number of hydrogen-bond acceptors (Lipinski definition) is 2. The molecule has 20 heavy (non-hydrogen) atoms. The first-order valence-corrected chi connectivity index (χ1v) is 8.14. The minimum atomic E-state index is -0.149. The third kappa shape index (κ3) is 1.57. The molecule has 0 spiro atoms. The van der Waals surface area contributed by atoms with Gasteiger partial charge in [-0.15, -0.1) is 11.3 Å². The Labute approximate surface area is 122 Å². The van der Waals surface area contributed by atoms with E-state index in [2.05, 4.69) is 23.7 Å². The summed E-state index contributed by atoms with van der Waals surface area (Å²) in [5.41, 5.74) is 2.68. The highest BCUT2D eigenvalue weighted by Crippen LogP contribution is 2.58. The lowest BCUT2D eigenvalue weighted by Crippen LogP contribution is -2.67. The Morgan fingerprint density at radius 2 is 2.10 bits per heavy atom. The van der Waals surface area contributed by atoms with Crippen molar-refractivity contribution in [1.82, 2.24) is 5.32 Å². The van der Waals surface area contributed by atoms with Gasteiger partial charge in [-0.2, -0.15) is 0 Å². The maximum Gasteiger partial charge on any atom is 0.123 e. The molecule has 1 aliphatic carbocycles. The van der Waals surface area contributed by atoms with E-state index in [9.17, 15) is 4.39 Å². The summed E-state index contributed by atoms with van der Waals surface area (Å²) in [5, 5.41) is 5.90. The second-order valence-corrected chi connectivity index (χ2v) is 7.00. The van der Waals surface area contributed by atoms with Crippen molar-refractivity contribution in [2.75, 3.05) is 6.54 Å².